The Bertz CT molecular complexity index is 391. The zero-order chi connectivity index (χ0) is 12.3. The molecule has 4 heteroatoms. The van der Waals surface area contributed by atoms with Crippen molar-refractivity contribution in [2.24, 2.45) is 0 Å². The Kier molecular flexibility index (Phi) is 4.39. The molecule has 1 atom stereocenters. The third-order valence-corrected chi connectivity index (χ3v) is 3.74. The average molecular weight is 345 g/mol. The maximum absolute atomic E-state index is 12.0. The van der Waals surface area contributed by atoms with Gasteiger partial charge in [-0.25, -0.2) is 0 Å². The van der Waals surface area contributed by atoms with Gasteiger partial charge < -0.3 is 10.0 Å². The van der Waals surface area contributed by atoms with Crippen LogP contribution in [0.2, 0.25) is 0 Å². The summed E-state index contributed by atoms with van der Waals surface area (Å²) in [6.07, 6.45) is 1.81. The molecule has 0 saturated carbocycles. The molecule has 1 fully saturated rings. The summed E-state index contributed by atoms with van der Waals surface area (Å²) in [7, 11) is 0. The lowest BCUT2D eigenvalue weighted by Gasteiger charge is -2.30. The lowest BCUT2D eigenvalue weighted by atomic mass is 10.1. The van der Waals surface area contributed by atoms with E-state index in [2.05, 4.69) is 22.6 Å². The molecular weight excluding hydrogens is 329 g/mol. The molecule has 1 aromatic carbocycles. The Balaban J connectivity index is 1.94. The van der Waals surface area contributed by atoms with Crippen LogP contribution < -0.4 is 0 Å². The minimum Gasteiger partial charge on any atom is -0.391 e. The summed E-state index contributed by atoms with van der Waals surface area (Å²) in [5, 5.41) is 9.54. The standard InChI is InChI=1S/C13H16INO2/c14-11-5-3-10(4-6-11)8-13(17)15-7-1-2-12(16)9-15/h3-6,12,16H,1-2,7-9H2. The predicted molar refractivity (Wildman–Crippen MR) is 74.7 cm³/mol. The van der Waals surface area contributed by atoms with E-state index >= 15 is 0 Å². The van der Waals surface area contributed by atoms with Crippen molar-refractivity contribution in [1.29, 1.82) is 0 Å². The maximum Gasteiger partial charge on any atom is 0.227 e. The van der Waals surface area contributed by atoms with Crippen LogP contribution in [-0.4, -0.2) is 35.1 Å². The van der Waals surface area contributed by atoms with Crippen LogP contribution in [0.25, 0.3) is 0 Å². The van der Waals surface area contributed by atoms with E-state index in [-0.39, 0.29) is 12.0 Å². The highest BCUT2D eigenvalue weighted by Gasteiger charge is 2.21. The minimum atomic E-state index is -0.343. The Morgan fingerprint density at radius 1 is 1.41 bits per heavy atom. The van der Waals surface area contributed by atoms with Crippen LogP contribution >= 0.6 is 22.6 Å². The topological polar surface area (TPSA) is 40.5 Å². The molecule has 3 nitrogen and oxygen atoms in total. The lowest BCUT2D eigenvalue weighted by Crippen LogP contribution is -2.42. The largest absolute Gasteiger partial charge is 0.391 e. The molecule has 1 unspecified atom stereocenters. The van der Waals surface area contributed by atoms with Crippen molar-refractivity contribution < 1.29 is 9.90 Å². The second kappa shape index (κ2) is 5.82. The number of hydrogen-bond acceptors (Lipinski definition) is 2. The molecule has 1 N–H and O–H groups in total. The molecule has 0 aromatic heterocycles. The number of carbonyl (C=O) groups excluding carboxylic acids is 1. The van der Waals surface area contributed by atoms with Crippen molar-refractivity contribution in [1.82, 2.24) is 4.90 Å². The predicted octanol–water partition coefficient (Wildman–Crippen LogP) is 1.82. The van der Waals surface area contributed by atoms with E-state index in [1.807, 2.05) is 24.3 Å². The van der Waals surface area contributed by atoms with Gasteiger partial charge in [0.1, 0.15) is 0 Å². The normalized spacial score (nSPS) is 20.4. The molecule has 0 aliphatic carbocycles. The summed E-state index contributed by atoms with van der Waals surface area (Å²) >= 11 is 2.25. The third kappa shape index (κ3) is 3.67. The van der Waals surface area contributed by atoms with Crippen molar-refractivity contribution in [2.45, 2.75) is 25.4 Å². The van der Waals surface area contributed by atoms with Gasteiger partial charge in [0.2, 0.25) is 5.91 Å². The summed E-state index contributed by atoms with van der Waals surface area (Å²) in [6.45, 7) is 1.27. The maximum atomic E-state index is 12.0. The van der Waals surface area contributed by atoms with Gasteiger partial charge >= 0.3 is 0 Å². The number of piperidine rings is 1. The second-order valence-electron chi connectivity index (χ2n) is 4.44. The number of aliphatic hydroxyl groups is 1. The van der Waals surface area contributed by atoms with Crippen LogP contribution in [-0.2, 0) is 11.2 Å². The first kappa shape index (κ1) is 12.8. The number of aliphatic hydroxyl groups excluding tert-OH is 1. The molecule has 0 bridgehead atoms. The van der Waals surface area contributed by atoms with Gasteiger partial charge in [0, 0.05) is 16.7 Å². The number of benzene rings is 1. The zero-order valence-corrected chi connectivity index (χ0v) is 11.8. The molecule has 92 valence electrons. The fourth-order valence-corrected chi connectivity index (χ4v) is 2.43. The van der Waals surface area contributed by atoms with Gasteiger partial charge in [-0.3, -0.25) is 4.79 Å². The van der Waals surface area contributed by atoms with Crippen LogP contribution in [0.4, 0.5) is 0 Å². The number of β-amino-alcohol motifs (C(OH)–C–C–N with tert-alkyl or cyclic N) is 1. The Hall–Kier alpha value is -0.620. The van der Waals surface area contributed by atoms with E-state index in [1.165, 1.54) is 3.57 Å². The Labute approximate surface area is 115 Å². The minimum absolute atomic E-state index is 0.116. The Morgan fingerprint density at radius 3 is 2.76 bits per heavy atom. The van der Waals surface area contributed by atoms with Gasteiger partial charge in [-0.15, -0.1) is 0 Å². The molecule has 0 spiro atoms. The van der Waals surface area contributed by atoms with Crippen molar-refractivity contribution in [2.75, 3.05) is 13.1 Å². The van der Waals surface area contributed by atoms with E-state index in [0.717, 1.165) is 24.9 Å². The second-order valence-corrected chi connectivity index (χ2v) is 5.68. The zero-order valence-electron chi connectivity index (χ0n) is 9.60. The summed E-state index contributed by atoms with van der Waals surface area (Å²) in [5.74, 6) is 0.116. The van der Waals surface area contributed by atoms with E-state index in [9.17, 15) is 9.90 Å². The third-order valence-electron chi connectivity index (χ3n) is 3.02. The number of carbonyl (C=O) groups is 1. The molecule has 1 amide bonds. The SMILES string of the molecule is O=C(Cc1ccc(I)cc1)N1CCCC(O)C1. The van der Waals surface area contributed by atoms with Crippen LogP contribution in [0.3, 0.4) is 0 Å². The van der Waals surface area contributed by atoms with Crippen LogP contribution in [0.15, 0.2) is 24.3 Å². The molecule has 1 aliphatic heterocycles. The molecule has 17 heavy (non-hydrogen) atoms. The highest BCUT2D eigenvalue weighted by atomic mass is 127. The average Bonchev–Trinajstić information content (AvgIpc) is 2.32. The first-order chi connectivity index (χ1) is 8.15. The highest BCUT2D eigenvalue weighted by molar-refractivity contribution is 14.1. The molecule has 0 radical (unpaired) electrons. The molecule has 1 saturated heterocycles. The number of likely N-dealkylation sites (tertiary alicyclic amines) is 1. The summed E-state index contributed by atoms with van der Waals surface area (Å²) < 4.78 is 1.17. The fourth-order valence-electron chi connectivity index (χ4n) is 2.07. The number of amides is 1. The molecular formula is C13H16INO2. The van der Waals surface area contributed by atoms with Gasteiger partial charge in [-0.2, -0.15) is 0 Å². The number of nitrogens with zero attached hydrogens (tertiary/aromatic N) is 1. The van der Waals surface area contributed by atoms with Gasteiger partial charge in [0.05, 0.1) is 12.5 Å². The van der Waals surface area contributed by atoms with Gasteiger partial charge in [0.15, 0.2) is 0 Å². The summed E-state index contributed by atoms with van der Waals surface area (Å²) in [6, 6.07) is 7.99. The molecule has 1 aliphatic rings. The van der Waals surface area contributed by atoms with E-state index in [4.69, 9.17) is 0 Å². The quantitative estimate of drug-likeness (QED) is 0.831. The highest BCUT2D eigenvalue weighted by Crippen LogP contribution is 2.13. The smallest absolute Gasteiger partial charge is 0.227 e. The summed E-state index contributed by atoms with van der Waals surface area (Å²) in [5.41, 5.74) is 1.04. The van der Waals surface area contributed by atoms with Crippen LogP contribution in [0.1, 0.15) is 18.4 Å². The van der Waals surface area contributed by atoms with Crippen LogP contribution in [0, 0.1) is 3.57 Å². The number of hydrogen-bond donors (Lipinski definition) is 1. The van der Waals surface area contributed by atoms with Gasteiger partial charge in [-0.1, -0.05) is 12.1 Å². The van der Waals surface area contributed by atoms with Gasteiger partial charge in [-0.05, 0) is 53.1 Å². The van der Waals surface area contributed by atoms with E-state index < -0.39 is 0 Å². The van der Waals surface area contributed by atoms with Crippen molar-refractivity contribution in [3.05, 3.63) is 33.4 Å². The first-order valence-electron chi connectivity index (χ1n) is 5.85. The van der Waals surface area contributed by atoms with E-state index in [1.54, 1.807) is 4.90 Å². The van der Waals surface area contributed by atoms with Crippen molar-refractivity contribution in [3.8, 4) is 0 Å². The monoisotopic (exact) mass is 345 g/mol. The first-order valence-corrected chi connectivity index (χ1v) is 6.93. The fraction of sp³-hybridized carbons (Fsp3) is 0.462. The van der Waals surface area contributed by atoms with E-state index in [0.29, 0.717) is 13.0 Å². The number of halogens is 1. The molecule has 1 aromatic rings. The molecule has 2 rings (SSSR count). The number of rotatable bonds is 2. The van der Waals surface area contributed by atoms with Crippen molar-refractivity contribution in [3.63, 3.8) is 0 Å². The lowest BCUT2D eigenvalue weighted by molar-refractivity contribution is -0.133. The summed E-state index contributed by atoms with van der Waals surface area (Å²) in [4.78, 5) is 13.8. The Morgan fingerprint density at radius 2 is 2.12 bits per heavy atom. The van der Waals surface area contributed by atoms with Crippen molar-refractivity contribution >= 4 is 28.5 Å². The molecule has 1 heterocycles. The van der Waals surface area contributed by atoms with Gasteiger partial charge in [0.25, 0.3) is 0 Å². The van der Waals surface area contributed by atoms with Crippen LogP contribution in [0.5, 0.6) is 0 Å².